The number of nitrogens with zero attached hydrogens (tertiary/aromatic N) is 2. The molecule has 2 aliphatic rings. The van der Waals surface area contributed by atoms with Crippen LogP contribution in [0.2, 0.25) is 0 Å². The van der Waals surface area contributed by atoms with E-state index >= 15 is 0 Å². The van der Waals surface area contributed by atoms with Gasteiger partial charge in [-0.2, -0.15) is 0 Å². The van der Waals surface area contributed by atoms with Crippen LogP contribution in [-0.2, 0) is 11.2 Å². The van der Waals surface area contributed by atoms with Gasteiger partial charge in [-0.3, -0.25) is 4.79 Å². The average molecular weight is 456 g/mol. The molecule has 0 spiro atoms. The van der Waals surface area contributed by atoms with E-state index in [1.807, 2.05) is 4.90 Å². The minimum atomic E-state index is -0.365. The first-order valence-electron chi connectivity index (χ1n) is 13.7. The SMILES string of the molecule is CC(C)CCN(c1ccc(CCC2CCCCC2)cc1)C1CCN(C(=O)[C@@H](N)CC(C)C)C1. The van der Waals surface area contributed by atoms with E-state index in [0.717, 1.165) is 38.4 Å². The molecule has 1 aromatic rings. The Bertz CT molecular complexity index is 708. The fraction of sp³-hybridized carbons (Fsp3) is 0.759. The number of rotatable bonds is 11. The van der Waals surface area contributed by atoms with Crippen molar-refractivity contribution in [2.24, 2.45) is 23.5 Å². The zero-order valence-electron chi connectivity index (χ0n) is 21.8. The number of nitrogens with two attached hydrogens (primary N) is 1. The van der Waals surface area contributed by atoms with Crippen molar-refractivity contribution >= 4 is 11.6 Å². The number of hydrogen-bond acceptors (Lipinski definition) is 3. The molecule has 1 saturated heterocycles. The Morgan fingerprint density at radius 1 is 1.03 bits per heavy atom. The lowest BCUT2D eigenvalue weighted by atomic mass is 9.85. The van der Waals surface area contributed by atoms with E-state index in [-0.39, 0.29) is 11.9 Å². The summed E-state index contributed by atoms with van der Waals surface area (Å²) < 4.78 is 0. The van der Waals surface area contributed by atoms with Gasteiger partial charge in [0.05, 0.1) is 6.04 Å². The normalized spacial score (nSPS) is 20.6. The highest BCUT2D eigenvalue weighted by Crippen LogP contribution is 2.29. The lowest BCUT2D eigenvalue weighted by Crippen LogP contribution is -2.45. The van der Waals surface area contributed by atoms with Gasteiger partial charge in [-0.05, 0) is 67.6 Å². The third-order valence-corrected chi connectivity index (χ3v) is 7.74. The van der Waals surface area contributed by atoms with Gasteiger partial charge in [0.25, 0.3) is 0 Å². The molecule has 1 aliphatic heterocycles. The standard InChI is InChI=1S/C29H49N3O/c1-22(2)16-19-32(27-17-18-31(21-27)29(33)28(30)20-23(3)4)26-14-12-25(13-15-26)11-10-24-8-6-5-7-9-24/h12-15,22-24,27-28H,5-11,16-21,30H2,1-4H3/t27?,28-/m0/s1. The summed E-state index contributed by atoms with van der Waals surface area (Å²) in [6.45, 7) is 11.5. The molecule has 1 aliphatic carbocycles. The van der Waals surface area contributed by atoms with E-state index < -0.39 is 0 Å². The van der Waals surface area contributed by atoms with E-state index in [4.69, 9.17) is 5.73 Å². The van der Waals surface area contributed by atoms with Crippen molar-refractivity contribution in [1.82, 2.24) is 4.90 Å². The van der Waals surface area contributed by atoms with Crippen molar-refractivity contribution in [3.05, 3.63) is 29.8 Å². The van der Waals surface area contributed by atoms with Gasteiger partial charge in [0.15, 0.2) is 0 Å². The number of amides is 1. The molecule has 186 valence electrons. The first-order chi connectivity index (χ1) is 15.8. The van der Waals surface area contributed by atoms with Crippen molar-refractivity contribution in [1.29, 1.82) is 0 Å². The maximum atomic E-state index is 12.9. The van der Waals surface area contributed by atoms with Gasteiger partial charge in [0.2, 0.25) is 5.91 Å². The van der Waals surface area contributed by atoms with Crippen LogP contribution in [-0.4, -0.2) is 42.5 Å². The molecule has 1 amide bonds. The second-order valence-corrected chi connectivity index (χ2v) is 11.5. The van der Waals surface area contributed by atoms with Crippen LogP contribution in [0.3, 0.4) is 0 Å². The largest absolute Gasteiger partial charge is 0.367 e. The van der Waals surface area contributed by atoms with Crippen molar-refractivity contribution in [2.45, 2.75) is 104 Å². The molecule has 0 aromatic heterocycles. The molecule has 1 saturated carbocycles. The zero-order valence-corrected chi connectivity index (χ0v) is 21.8. The summed E-state index contributed by atoms with van der Waals surface area (Å²) in [6.07, 6.45) is 12.7. The minimum absolute atomic E-state index is 0.132. The summed E-state index contributed by atoms with van der Waals surface area (Å²) in [7, 11) is 0. The Hall–Kier alpha value is -1.55. The summed E-state index contributed by atoms with van der Waals surface area (Å²) in [6, 6.07) is 9.36. The zero-order chi connectivity index (χ0) is 23.8. The second kappa shape index (κ2) is 12.8. The van der Waals surface area contributed by atoms with Gasteiger partial charge < -0.3 is 15.5 Å². The monoisotopic (exact) mass is 455 g/mol. The van der Waals surface area contributed by atoms with Crippen LogP contribution in [0, 0.1) is 17.8 Å². The molecule has 4 heteroatoms. The Kier molecular flexibility index (Phi) is 10.1. The average Bonchev–Trinajstić information content (AvgIpc) is 3.28. The van der Waals surface area contributed by atoms with Crippen LogP contribution in [0.15, 0.2) is 24.3 Å². The summed E-state index contributed by atoms with van der Waals surface area (Å²) in [5.41, 5.74) is 9.00. The van der Waals surface area contributed by atoms with Gasteiger partial charge in [-0.1, -0.05) is 71.9 Å². The van der Waals surface area contributed by atoms with E-state index in [1.54, 1.807) is 0 Å². The summed E-state index contributed by atoms with van der Waals surface area (Å²) in [5, 5.41) is 0. The molecule has 0 radical (unpaired) electrons. The Morgan fingerprint density at radius 3 is 2.36 bits per heavy atom. The molecule has 2 fully saturated rings. The number of carbonyl (C=O) groups is 1. The molecule has 1 heterocycles. The van der Waals surface area contributed by atoms with Crippen LogP contribution in [0.1, 0.15) is 91.0 Å². The summed E-state index contributed by atoms with van der Waals surface area (Å²) in [4.78, 5) is 17.5. The number of carbonyl (C=O) groups excluding carboxylic acids is 1. The van der Waals surface area contributed by atoms with Crippen LogP contribution < -0.4 is 10.6 Å². The number of aryl methyl sites for hydroxylation is 1. The molecular formula is C29H49N3O. The van der Waals surface area contributed by atoms with Gasteiger partial charge >= 0.3 is 0 Å². The first-order valence-corrected chi connectivity index (χ1v) is 13.7. The number of anilines is 1. The molecule has 2 N–H and O–H groups in total. The molecule has 2 atom stereocenters. The van der Waals surface area contributed by atoms with Crippen LogP contribution in [0.25, 0.3) is 0 Å². The van der Waals surface area contributed by atoms with Gasteiger partial charge in [0, 0.05) is 31.4 Å². The number of likely N-dealkylation sites (tertiary alicyclic amines) is 1. The highest BCUT2D eigenvalue weighted by molar-refractivity contribution is 5.82. The topological polar surface area (TPSA) is 49.6 Å². The maximum absolute atomic E-state index is 12.9. The predicted octanol–water partition coefficient (Wildman–Crippen LogP) is 6.03. The highest BCUT2D eigenvalue weighted by Gasteiger charge is 2.32. The minimum Gasteiger partial charge on any atom is -0.367 e. The van der Waals surface area contributed by atoms with Crippen molar-refractivity contribution in [3.63, 3.8) is 0 Å². The van der Waals surface area contributed by atoms with Crippen LogP contribution in [0.5, 0.6) is 0 Å². The maximum Gasteiger partial charge on any atom is 0.239 e. The molecule has 0 bridgehead atoms. The quantitative estimate of drug-likeness (QED) is 0.443. The number of benzene rings is 1. The first kappa shape index (κ1) is 26.1. The molecular weight excluding hydrogens is 406 g/mol. The van der Waals surface area contributed by atoms with E-state index in [0.29, 0.717) is 17.9 Å². The van der Waals surface area contributed by atoms with Gasteiger partial charge in [-0.25, -0.2) is 0 Å². The number of hydrogen-bond donors (Lipinski definition) is 1. The van der Waals surface area contributed by atoms with Gasteiger partial charge in [0.1, 0.15) is 0 Å². The Balaban J connectivity index is 1.61. The highest BCUT2D eigenvalue weighted by atomic mass is 16.2. The fourth-order valence-corrected chi connectivity index (χ4v) is 5.66. The third kappa shape index (κ3) is 8.02. The Morgan fingerprint density at radius 2 is 1.73 bits per heavy atom. The molecule has 1 aromatic carbocycles. The molecule has 1 unspecified atom stereocenters. The van der Waals surface area contributed by atoms with Gasteiger partial charge in [-0.15, -0.1) is 0 Å². The van der Waals surface area contributed by atoms with Crippen LogP contribution in [0.4, 0.5) is 5.69 Å². The van der Waals surface area contributed by atoms with E-state index in [2.05, 4.69) is 56.9 Å². The second-order valence-electron chi connectivity index (χ2n) is 11.5. The third-order valence-electron chi connectivity index (χ3n) is 7.74. The van der Waals surface area contributed by atoms with Crippen LogP contribution >= 0.6 is 0 Å². The molecule has 3 rings (SSSR count). The van der Waals surface area contributed by atoms with E-state index in [9.17, 15) is 4.79 Å². The Labute approximate surface area is 203 Å². The fourth-order valence-electron chi connectivity index (χ4n) is 5.66. The lowest BCUT2D eigenvalue weighted by molar-refractivity contribution is -0.131. The van der Waals surface area contributed by atoms with Crippen molar-refractivity contribution in [2.75, 3.05) is 24.5 Å². The van der Waals surface area contributed by atoms with Crippen molar-refractivity contribution < 1.29 is 4.79 Å². The van der Waals surface area contributed by atoms with E-state index in [1.165, 1.54) is 62.6 Å². The predicted molar refractivity (Wildman–Crippen MR) is 141 cm³/mol. The summed E-state index contributed by atoms with van der Waals surface area (Å²) >= 11 is 0. The lowest BCUT2D eigenvalue weighted by Gasteiger charge is -2.32. The molecule has 33 heavy (non-hydrogen) atoms. The smallest absolute Gasteiger partial charge is 0.239 e. The summed E-state index contributed by atoms with van der Waals surface area (Å²) in [5.74, 6) is 2.18. The van der Waals surface area contributed by atoms with Crippen molar-refractivity contribution in [3.8, 4) is 0 Å². The molecule has 4 nitrogen and oxygen atoms in total.